The van der Waals surface area contributed by atoms with Crippen molar-refractivity contribution >= 4 is 67.9 Å². The van der Waals surface area contributed by atoms with Crippen LogP contribution in [0, 0.1) is 0 Å². The SMILES string of the molecule is COC(=O)c1ccc(/C=C2\SC(=S)N(c3ccc(Br)cc3)C2=O)cc1. The predicted molar refractivity (Wildman–Crippen MR) is 108 cm³/mol. The molecular formula is C18H12BrNO3S2. The van der Waals surface area contributed by atoms with Crippen LogP contribution in [-0.2, 0) is 9.53 Å². The summed E-state index contributed by atoms with van der Waals surface area (Å²) < 4.78 is 6.10. The summed E-state index contributed by atoms with van der Waals surface area (Å²) in [6, 6.07) is 14.2. The van der Waals surface area contributed by atoms with Gasteiger partial charge in [-0.25, -0.2) is 4.79 Å². The summed E-state index contributed by atoms with van der Waals surface area (Å²) in [5, 5.41) is 0. The summed E-state index contributed by atoms with van der Waals surface area (Å²) in [4.78, 5) is 26.2. The highest BCUT2D eigenvalue weighted by molar-refractivity contribution is 9.10. The van der Waals surface area contributed by atoms with Crippen LogP contribution in [0.4, 0.5) is 5.69 Å². The van der Waals surface area contributed by atoms with Crippen molar-refractivity contribution in [3.63, 3.8) is 0 Å². The number of hydrogen-bond donors (Lipinski definition) is 0. The van der Waals surface area contributed by atoms with Crippen molar-refractivity contribution in [2.24, 2.45) is 0 Å². The van der Waals surface area contributed by atoms with Gasteiger partial charge in [0.2, 0.25) is 0 Å². The smallest absolute Gasteiger partial charge is 0.337 e. The highest BCUT2D eigenvalue weighted by Crippen LogP contribution is 2.36. The second-order valence-electron chi connectivity index (χ2n) is 5.11. The molecule has 0 radical (unpaired) electrons. The second kappa shape index (κ2) is 7.51. The third-order valence-electron chi connectivity index (χ3n) is 3.51. The second-order valence-corrected chi connectivity index (χ2v) is 7.70. The number of rotatable bonds is 3. The minimum Gasteiger partial charge on any atom is -0.465 e. The van der Waals surface area contributed by atoms with Crippen LogP contribution in [0.1, 0.15) is 15.9 Å². The molecule has 0 atom stereocenters. The van der Waals surface area contributed by atoms with Crippen molar-refractivity contribution in [3.8, 4) is 0 Å². The Hall–Kier alpha value is -1.96. The molecule has 0 aromatic heterocycles. The molecular weight excluding hydrogens is 422 g/mol. The number of benzene rings is 2. The van der Waals surface area contributed by atoms with Crippen LogP contribution in [-0.4, -0.2) is 23.3 Å². The Morgan fingerprint density at radius 2 is 1.80 bits per heavy atom. The number of anilines is 1. The quantitative estimate of drug-likeness (QED) is 0.400. The van der Waals surface area contributed by atoms with Gasteiger partial charge in [-0.1, -0.05) is 52.0 Å². The number of carbonyl (C=O) groups is 2. The summed E-state index contributed by atoms with van der Waals surface area (Å²) in [7, 11) is 1.34. The zero-order valence-electron chi connectivity index (χ0n) is 13.1. The maximum absolute atomic E-state index is 12.7. The van der Waals surface area contributed by atoms with Crippen molar-refractivity contribution in [1.82, 2.24) is 0 Å². The number of methoxy groups -OCH3 is 1. The molecule has 2 aromatic carbocycles. The van der Waals surface area contributed by atoms with E-state index in [9.17, 15) is 9.59 Å². The van der Waals surface area contributed by atoms with Crippen LogP contribution in [0.5, 0.6) is 0 Å². The summed E-state index contributed by atoms with van der Waals surface area (Å²) in [6.45, 7) is 0. The minimum atomic E-state index is -0.395. The first kappa shape index (κ1) is 17.8. The number of ether oxygens (including phenoxy) is 1. The monoisotopic (exact) mass is 433 g/mol. The van der Waals surface area contributed by atoms with Crippen LogP contribution in [0.3, 0.4) is 0 Å². The number of amides is 1. The molecule has 0 spiro atoms. The van der Waals surface area contributed by atoms with Crippen molar-refractivity contribution < 1.29 is 14.3 Å². The van der Waals surface area contributed by atoms with Gasteiger partial charge in [0, 0.05) is 4.47 Å². The Morgan fingerprint density at radius 1 is 1.16 bits per heavy atom. The Labute approximate surface area is 163 Å². The van der Waals surface area contributed by atoms with Gasteiger partial charge in [-0.2, -0.15) is 0 Å². The number of hydrogen-bond acceptors (Lipinski definition) is 5. The molecule has 0 unspecified atom stereocenters. The summed E-state index contributed by atoms with van der Waals surface area (Å²) in [5.74, 6) is -0.553. The lowest BCUT2D eigenvalue weighted by Gasteiger charge is -2.14. The molecule has 3 rings (SSSR count). The Balaban J connectivity index is 1.85. The summed E-state index contributed by atoms with van der Waals surface area (Å²) >= 11 is 9.98. The Kier molecular flexibility index (Phi) is 5.36. The van der Waals surface area contributed by atoms with Crippen molar-refractivity contribution in [3.05, 3.63) is 69.0 Å². The minimum absolute atomic E-state index is 0.158. The number of esters is 1. The first-order valence-corrected chi connectivity index (χ1v) is 9.23. The lowest BCUT2D eigenvalue weighted by Crippen LogP contribution is -2.27. The largest absolute Gasteiger partial charge is 0.465 e. The van der Waals surface area contributed by atoms with Gasteiger partial charge < -0.3 is 4.74 Å². The van der Waals surface area contributed by atoms with E-state index in [-0.39, 0.29) is 5.91 Å². The number of thioether (sulfide) groups is 1. The number of halogens is 1. The lowest BCUT2D eigenvalue weighted by atomic mass is 10.1. The highest BCUT2D eigenvalue weighted by atomic mass is 79.9. The van der Waals surface area contributed by atoms with Crippen molar-refractivity contribution in [2.45, 2.75) is 0 Å². The molecule has 1 fully saturated rings. The Morgan fingerprint density at radius 3 is 2.40 bits per heavy atom. The average molecular weight is 434 g/mol. The van der Waals surface area contributed by atoms with E-state index in [2.05, 4.69) is 20.7 Å². The number of nitrogens with zero attached hydrogens (tertiary/aromatic N) is 1. The van der Waals surface area contributed by atoms with E-state index in [1.807, 2.05) is 24.3 Å². The molecule has 126 valence electrons. The average Bonchev–Trinajstić information content (AvgIpc) is 2.89. The molecule has 1 aliphatic rings. The van der Waals surface area contributed by atoms with Gasteiger partial charge in [0.05, 0.1) is 23.3 Å². The summed E-state index contributed by atoms with van der Waals surface area (Å²) in [6.07, 6.45) is 1.76. The van der Waals surface area contributed by atoms with Gasteiger partial charge in [-0.05, 0) is 48.0 Å². The van der Waals surface area contributed by atoms with Gasteiger partial charge >= 0.3 is 5.97 Å². The van der Waals surface area contributed by atoms with E-state index in [1.54, 1.807) is 30.3 Å². The third kappa shape index (κ3) is 3.84. The van der Waals surface area contributed by atoms with E-state index >= 15 is 0 Å². The molecule has 7 heteroatoms. The maximum atomic E-state index is 12.7. The van der Waals surface area contributed by atoms with Gasteiger partial charge in [0.25, 0.3) is 5.91 Å². The fourth-order valence-electron chi connectivity index (χ4n) is 2.27. The molecule has 0 aliphatic carbocycles. The number of thiocarbonyl (C=S) groups is 1. The molecule has 1 saturated heterocycles. The first-order valence-electron chi connectivity index (χ1n) is 7.21. The van der Waals surface area contributed by atoms with E-state index in [0.717, 1.165) is 15.7 Å². The van der Waals surface area contributed by atoms with Crippen molar-refractivity contribution in [2.75, 3.05) is 12.0 Å². The van der Waals surface area contributed by atoms with Gasteiger partial charge in [-0.15, -0.1) is 0 Å². The molecule has 0 N–H and O–H groups in total. The van der Waals surface area contributed by atoms with E-state index in [1.165, 1.54) is 23.8 Å². The molecule has 0 saturated carbocycles. The van der Waals surface area contributed by atoms with Crippen LogP contribution in [0.25, 0.3) is 6.08 Å². The predicted octanol–water partition coefficient (Wildman–Crippen LogP) is 4.64. The van der Waals surface area contributed by atoms with E-state index in [0.29, 0.717) is 14.8 Å². The van der Waals surface area contributed by atoms with Crippen LogP contribution < -0.4 is 4.90 Å². The van der Waals surface area contributed by atoms with Crippen LogP contribution in [0.15, 0.2) is 57.9 Å². The molecule has 2 aromatic rings. The molecule has 25 heavy (non-hydrogen) atoms. The lowest BCUT2D eigenvalue weighted by molar-refractivity contribution is -0.113. The normalized spacial score (nSPS) is 15.8. The van der Waals surface area contributed by atoms with Crippen molar-refractivity contribution in [1.29, 1.82) is 0 Å². The highest BCUT2D eigenvalue weighted by Gasteiger charge is 2.33. The number of carbonyl (C=O) groups excluding carboxylic acids is 2. The summed E-state index contributed by atoms with van der Waals surface area (Å²) in [5.41, 5.74) is 2.00. The van der Waals surface area contributed by atoms with Crippen LogP contribution >= 0.6 is 39.9 Å². The molecule has 4 nitrogen and oxygen atoms in total. The molecule has 0 bridgehead atoms. The Bertz CT molecular complexity index is 876. The third-order valence-corrected chi connectivity index (χ3v) is 5.34. The van der Waals surface area contributed by atoms with Gasteiger partial charge in [0.15, 0.2) is 4.32 Å². The fraction of sp³-hybridized carbons (Fsp3) is 0.0556. The molecule has 1 heterocycles. The zero-order valence-corrected chi connectivity index (χ0v) is 16.3. The zero-order chi connectivity index (χ0) is 18.0. The standard InChI is InChI=1S/C18H12BrNO3S2/c1-23-17(22)12-4-2-11(3-5-12)10-15-16(21)20(18(24)25-15)14-8-6-13(19)7-9-14/h2-10H,1H3/b15-10-. The molecule has 1 aliphatic heterocycles. The topological polar surface area (TPSA) is 46.6 Å². The van der Waals surface area contributed by atoms with Gasteiger partial charge in [0.1, 0.15) is 0 Å². The van der Waals surface area contributed by atoms with Gasteiger partial charge in [-0.3, -0.25) is 9.69 Å². The van der Waals surface area contributed by atoms with Crippen LogP contribution in [0.2, 0.25) is 0 Å². The fourth-order valence-corrected chi connectivity index (χ4v) is 3.83. The first-order chi connectivity index (χ1) is 12.0. The van der Waals surface area contributed by atoms with E-state index in [4.69, 9.17) is 12.2 Å². The molecule has 1 amide bonds. The maximum Gasteiger partial charge on any atom is 0.337 e. The van der Waals surface area contributed by atoms with E-state index < -0.39 is 5.97 Å².